The van der Waals surface area contributed by atoms with Crippen LogP contribution in [0.2, 0.25) is 0 Å². The van der Waals surface area contributed by atoms with Crippen LogP contribution in [0.1, 0.15) is 11.1 Å². The zero-order valence-corrected chi connectivity index (χ0v) is 13.3. The van der Waals surface area contributed by atoms with E-state index in [1.165, 1.54) is 17.9 Å². The number of aryl methyl sites for hydroxylation is 1. The maximum Gasteiger partial charge on any atom is 0.177 e. The predicted octanol–water partition coefficient (Wildman–Crippen LogP) is 2.62. The van der Waals surface area contributed by atoms with E-state index in [4.69, 9.17) is 5.73 Å². The van der Waals surface area contributed by atoms with Gasteiger partial charge in [0.05, 0.1) is 16.3 Å². The number of para-hydroxylation sites is 1. The van der Waals surface area contributed by atoms with Crippen molar-refractivity contribution in [2.75, 3.05) is 23.9 Å². The maximum atomic E-state index is 11.7. The Morgan fingerprint density at radius 3 is 2.29 bits per heavy atom. The summed E-state index contributed by atoms with van der Waals surface area (Å²) in [5.74, 6) is 0. The van der Waals surface area contributed by atoms with Crippen molar-refractivity contribution < 1.29 is 8.42 Å². The van der Waals surface area contributed by atoms with Crippen molar-refractivity contribution >= 4 is 21.2 Å². The van der Waals surface area contributed by atoms with Crippen molar-refractivity contribution in [1.29, 1.82) is 0 Å². The van der Waals surface area contributed by atoms with Gasteiger partial charge in [-0.25, -0.2) is 8.42 Å². The monoisotopic (exact) mass is 304 g/mol. The molecule has 5 heteroatoms. The molecule has 0 saturated heterocycles. The fourth-order valence-corrected chi connectivity index (χ4v) is 3.07. The molecule has 2 aromatic carbocycles. The average Bonchev–Trinajstić information content (AvgIpc) is 2.40. The van der Waals surface area contributed by atoms with E-state index in [2.05, 4.69) is 24.3 Å². The van der Waals surface area contributed by atoms with E-state index < -0.39 is 9.84 Å². The second-order valence-corrected chi connectivity index (χ2v) is 7.29. The molecule has 0 aromatic heterocycles. The minimum atomic E-state index is -3.32. The standard InChI is InChI=1S/C16H20N2O2S/c1-12-7-9-13(10-8-12)11-18(2)14-5-4-6-15(16(14)17)21(3,19)20/h4-10H,11,17H2,1-3H3. The number of benzene rings is 2. The molecule has 0 unspecified atom stereocenters. The van der Waals surface area contributed by atoms with Crippen molar-refractivity contribution in [3.05, 3.63) is 53.6 Å². The van der Waals surface area contributed by atoms with E-state index in [0.29, 0.717) is 12.2 Å². The number of sulfone groups is 1. The second-order valence-electron chi connectivity index (χ2n) is 5.30. The summed E-state index contributed by atoms with van der Waals surface area (Å²) in [5, 5.41) is 0. The minimum absolute atomic E-state index is 0.177. The summed E-state index contributed by atoms with van der Waals surface area (Å²) in [5.41, 5.74) is 9.40. The Kier molecular flexibility index (Phi) is 4.23. The summed E-state index contributed by atoms with van der Waals surface area (Å²) < 4.78 is 23.5. The van der Waals surface area contributed by atoms with Crippen molar-refractivity contribution in [2.45, 2.75) is 18.4 Å². The first-order valence-electron chi connectivity index (χ1n) is 6.64. The summed E-state index contributed by atoms with van der Waals surface area (Å²) in [4.78, 5) is 2.13. The highest BCUT2D eigenvalue weighted by Gasteiger charge is 2.16. The quantitative estimate of drug-likeness (QED) is 0.882. The molecule has 0 spiro atoms. The zero-order valence-electron chi connectivity index (χ0n) is 12.5. The third kappa shape index (κ3) is 3.55. The van der Waals surface area contributed by atoms with Gasteiger partial charge in [-0.05, 0) is 24.6 Å². The van der Waals surface area contributed by atoms with Crippen LogP contribution in [0.4, 0.5) is 11.4 Å². The van der Waals surface area contributed by atoms with Crippen LogP contribution in [-0.4, -0.2) is 21.7 Å². The molecule has 2 aromatic rings. The molecule has 112 valence electrons. The van der Waals surface area contributed by atoms with Crippen LogP contribution in [0.15, 0.2) is 47.4 Å². The summed E-state index contributed by atoms with van der Waals surface area (Å²) in [6, 6.07) is 13.3. The average molecular weight is 304 g/mol. The lowest BCUT2D eigenvalue weighted by Gasteiger charge is -2.22. The predicted molar refractivity (Wildman–Crippen MR) is 87.3 cm³/mol. The number of nitrogens with zero attached hydrogens (tertiary/aromatic N) is 1. The number of hydrogen-bond donors (Lipinski definition) is 1. The van der Waals surface area contributed by atoms with Gasteiger partial charge in [0.1, 0.15) is 0 Å². The molecular formula is C16H20N2O2S. The molecule has 0 atom stereocenters. The lowest BCUT2D eigenvalue weighted by molar-refractivity contribution is 0.602. The van der Waals surface area contributed by atoms with Crippen LogP contribution in [-0.2, 0) is 16.4 Å². The first kappa shape index (κ1) is 15.4. The highest BCUT2D eigenvalue weighted by atomic mass is 32.2. The third-order valence-electron chi connectivity index (χ3n) is 3.39. The first-order chi connectivity index (χ1) is 9.79. The first-order valence-corrected chi connectivity index (χ1v) is 8.53. The molecule has 0 radical (unpaired) electrons. The van der Waals surface area contributed by atoms with Crippen LogP contribution < -0.4 is 10.6 Å². The van der Waals surface area contributed by atoms with Gasteiger partial charge in [-0.1, -0.05) is 35.9 Å². The van der Waals surface area contributed by atoms with Crippen molar-refractivity contribution in [2.24, 2.45) is 0 Å². The summed E-state index contributed by atoms with van der Waals surface area (Å²) >= 11 is 0. The molecule has 0 bridgehead atoms. The highest BCUT2D eigenvalue weighted by Crippen LogP contribution is 2.29. The van der Waals surface area contributed by atoms with Crippen LogP contribution in [0.3, 0.4) is 0 Å². The van der Waals surface area contributed by atoms with Gasteiger partial charge in [0, 0.05) is 19.8 Å². The number of nitrogen functional groups attached to an aromatic ring is 1. The van der Waals surface area contributed by atoms with Crippen LogP contribution >= 0.6 is 0 Å². The fourth-order valence-electron chi connectivity index (χ4n) is 2.24. The summed E-state index contributed by atoms with van der Waals surface area (Å²) in [6.45, 7) is 2.71. The van der Waals surface area contributed by atoms with E-state index in [1.54, 1.807) is 6.07 Å². The van der Waals surface area contributed by atoms with Crippen molar-refractivity contribution in [3.63, 3.8) is 0 Å². The van der Waals surface area contributed by atoms with Crippen LogP contribution in [0.5, 0.6) is 0 Å². The molecule has 0 aliphatic rings. The summed E-state index contributed by atoms with van der Waals surface area (Å²) in [7, 11) is -1.42. The van der Waals surface area contributed by atoms with E-state index in [1.807, 2.05) is 24.9 Å². The fraction of sp³-hybridized carbons (Fsp3) is 0.250. The molecule has 0 fully saturated rings. The molecule has 0 aliphatic heterocycles. The molecule has 0 amide bonds. The Balaban J connectivity index is 2.31. The molecule has 0 saturated carbocycles. The SMILES string of the molecule is Cc1ccc(CN(C)c2cccc(S(C)(=O)=O)c2N)cc1. The van der Waals surface area contributed by atoms with Gasteiger partial charge in [0.25, 0.3) is 0 Å². The van der Waals surface area contributed by atoms with E-state index in [9.17, 15) is 8.42 Å². The van der Waals surface area contributed by atoms with Gasteiger partial charge < -0.3 is 10.6 Å². The van der Waals surface area contributed by atoms with Gasteiger partial charge in [0.2, 0.25) is 0 Å². The largest absolute Gasteiger partial charge is 0.396 e. The zero-order chi connectivity index (χ0) is 15.6. The Hall–Kier alpha value is -2.01. The van der Waals surface area contributed by atoms with E-state index in [0.717, 1.165) is 11.3 Å². The van der Waals surface area contributed by atoms with Gasteiger partial charge in [-0.15, -0.1) is 0 Å². The number of hydrogen-bond acceptors (Lipinski definition) is 4. The smallest absolute Gasteiger partial charge is 0.177 e. The van der Waals surface area contributed by atoms with E-state index in [-0.39, 0.29) is 4.90 Å². The van der Waals surface area contributed by atoms with E-state index >= 15 is 0 Å². The molecule has 0 heterocycles. The van der Waals surface area contributed by atoms with Crippen LogP contribution in [0.25, 0.3) is 0 Å². The Morgan fingerprint density at radius 1 is 1.10 bits per heavy atom. The number of rotatable bonds is 4. The molecular weight excluding hydrogens is 284 g/mol. The van der Waals surface area contributed by atoms with Crippen LogP contribution in [0, 0.1) is 6.92 Å². The molecule has 4 nitrogen and oxygen atoms in total. The van der Waals surface area contributed by atoms with Gasteiger partial charge in [-0.3, -0.25) is 0 Å². The normalized spacial score (nSPS) is 11.4. The topological polar surface area (TPSA) is 63.4 Å². The van der Waals surface area contributed by atoms with Gasteiger partial charge in [0.15, 0.2) is 9.84 Å². The molecule has 0 aliphatic carbocycles. The maximum absolute atomic E-state index is 11.7. The van der Waals surface area contributed by atoms with Gasteiger partial charge >= 0.3 is 0 Å². The highest BCUT2D eigenvalue weighted by molar-refractivity contribution is 7.90. The molecule has 2 rings (SSSR count). The van der Waals surface area contributed by atoms with Crippen molar-refractivity contribution in [3.8, 4) is 0 Å². The molecule has 21 heavy (non-hydrogen) atoms. The lowest BCUT2D eigenvalue weighted by Crippen LogP contribution is -2.19. The van der Waals surface area contributed by atoms with Crippen molar-refractivity contribution in [1.82, 2.24) is 0 Å². The minimum Gasteiger partial charge on any atom is -0.396 e. The Morgan fingerprint density at radius 2 is 1.71 bits per heavy atom. The third-order valence-corrected chi connectivity index (χ3v) is 4.55. The molecule has 2 N–H and O–H groups in total. The Bertz CT molecular complexity index is 737. The second kappa shape index (κ2) is 5.77. The summed E-state index contributed by atoms with van der Waals surface area (Å²) in [6.07, 6.45) is 1.17. The Labute approximate surface area is 126 Å². The van der Waals surface area contributed by atoms with Gasteiger partial charge in [-0.2, -0.15) is 0 Å². The number of nitrogens with two attached hydrogens (primary N) is 1. The lowest BCUT2D eigenvalue weighted by atomic mass is 10.1. The number of anilines is 2.